The standard InChI is InChI=1S/C21H26ClN3O4S/c1-2-11-24-15-17(8-10-20(24)26)23-21(27)16-7-9-18(22)19(14-16)30(28,29)25-12-5-3-4-6-13-25/h7-10,14-15H,2-6,11-13H2,1H3,(H,23,27). The largest absolute Gasteiger partial charge is 0.321 e. The summed E-state index contributed by atoms with van der Waals surface area (Å²) in [4.78, 5) is 24.5. The fourth-order valence-electron chi connectivity index (χ4n) is 3.49. The molecule has 1 saturated heterocycles. The molecule has 0 aliphatic carbocycles. The molecule has 7 nitrogen and oxygen atoms in total. The number of hydrogen-bond donors (Lipinski definition) is 1. The molecule has 162 valence electrons. The Kier molecular flexibility index (Phi) is 7.33. The van der Waals surface area contributed by atoms with Gasteiger partial charge in [-0.25, -0.2) is 8.42 Å². The summed E-state index contributed by atoms with van der Waals surface area (Å²) in [6.07, 6.45) is 5.99. The van der Waals surface area contributed by atoms with Gasteiger partial charge in [-0.3, -0.25) is 9.59 Å². The minimum absolute atomic E-state index is 0.0605. The van der Waals surface area contributed by atoms with Gasteiger partial charge in [0.1, 0.15) is 4.90 Å². The van der Waals surface area contributed by atoms with Gasteiger partial charge in [0.2, 0.25) is 10.0 Å². The van der Waals surface area contributed by atoms with E-state index in [1.54, 1.807) is 6.20 Å². The highest BCUT2D eigenvalue weighted by atomic mass is 35.5. The lowest BCUT2D eigenvalue weighted by Gasteiger charge is -2.21. The van der Waals surface area contributed by atoms with Crippen LogP contribution in [0.3, 0.4) is 0 Å². The van der Waals surface area contributed by atoms with Gasteiger partial charge in [-0.15, -0.1) is 0 Å². The summed E-state index contributed by atoms with van der Waals surface area (Å²) in [6.45, 7) is 3.40. The molecular formula is C21H26ClN3O4S. The molecule has 2 heterocycles. The quantitative estimate of drug-likeness (QED) is 0.724. The Bertz CT molecular complexity index is 1070. The number of carbonyl (C=O) groups is 1. The van der Waals surface area contributed by atoms with E-state index < -0.39 is 15.9 Å². The van der Waals surface area contributed by atoms with Crippen LogP contribution in [0.2, 0.25) is 5.02 Å². The molecule has 30 heavy (non-hydrogen) atoms. The first-order chi connectivity index (χ1) is 14.3. The van der Waals surface area contributed by atoms with E-state index in [-0.39, 0.29) is 21.0 Å². The number of pyridine rings is 1. The van der Waals surface area contributed by atoms with Crippen molar-refractivity contribution in [1.82, 2.24) is 8.87 Å². The van der Waals surface area contributed by atoms with E-state index in [4.69, 9.17) is 11.6 Å². The third-order valence-electron chi connectivity index (χ3n) is 5.08. The van der Waals surface area contributed by atoms with Crippen LogP contribution in [0.25, 0.3) is 0 Å². The number of anilines is 1. The van der Waals surface area contributed by atoms with Crippen LogP contribution < -0.4 is 10.9 Å². The number of amides is 1. The van der Waals surface area contributed by atoms with Crippen LogP contribution in [-0.2, 0) is 16.6 Å². The second kappa shape index (κ2) is 9.76. The van der Waals surface area contributed by atoms with Crippen molar-refractivity contribution in [2.75, 3.05) is 18.4 Å². The van der Waals surface area contributed by atoms with E-state index in [1.807, 2.05) is 6.92 Å². The zero-order chi connectivity index (χ0) is 21.7. The van der Waals surface area contributed by atoms with E-state index in [2.05, 4.69) is 5.32 Å². The molecule has 0 radical (unpaired) electrons. The van der Waals surface area contributed by atoms with E-state index in [0.717, 1.165) is 32.1 Å². The van der Waals surface area contributed by atoms with Gasteiger partial charge in [-0.05, 0) is 43.5 Å². The number of carbonyl (C=O) groups excluding carboxylic acids is 1. The first-order valence-electron chi connectivity index (χ1n) is 10.1. The summed E-state index contributed by atoms with van der Waals surface area (Å²) in [5.41, 5.74) is 0.494. The summed E-state index contributed by atoms with van der Waals surface area (Å²) in [5, 5.41) is 2.81. The summed E-state index contributed by atoms with van der Waals surface area (Å²) in [6, 6.07) is 7.15. The summed E-state index contributed by atoms with van der Waals surface area (Å²) >= 11 is 6.20. The summed E-state index contributed by atoms with van der Waals surface area (Å²) in [7, 11) is -3.79. The lowest BCUT2D eigenvalue weighted by atomic mass is 10.2. The lowest BCUT2D eigenvalue weighted by Crippen LogP contribution is -2.32. The van der Waals surface area contributed by atoms with Crippen molar-refractivity contribution in [3.8, 4) is 0 Å². The first kappa shape index (κ1) is 22.5. The molecule has 1 aromatic heterocycles. The van der Waals surface area contributed by atoms with Crippen molar-refractivity contribution in [3.63, 3.8) is 0 Å². The van der Waals surface area contributed by atoms with E-state index in [0.29, 0.717) is 25.3 Å². The molecule has 1 amide bonds. The molecule has 0 spiro atoms. The monoisotopic (exact) mass is 451 g/mol. The topological polar surface area (TPSA) is 88.5 Å². The Labute approximate surface area is 181 Å². The molecule has 1 fully saturated rings. The zero-order valence-corrected chi connectivity index (χ0v) is 18.5. The van der Waals surface area contributed by atoms with Gasteiger partial charge in [0.25, 0.3) is 11.5 Å². The van der Waals surface area contributed by atoms with Gasteiger partial charge in [0, 0.05) is 37.5 Å². The van der Waals surface area contributed by atoms with Gasteiger partial charge in [0.05, 0.1) is 10.7 Å². The third-order valence-corrected chi connectivity index (χ3v) is 7.46. The number of rotatable bonds is 6. The maximum absolute atomic E-state index is 13.1. The minimum Gasteiger partial charge on any atom is -0.321 e. The highest BCUT2D eigenvalue weighted by Gasteiger charge is 2.28. The number of nitrogens with one attached hydrogen (secondary N) is 1. The van der Waals surface area contributed by atoms with Crippen molar-refractivity contribution in [2.24, 2.45) is 0 Å². The maximum Gasteiger partial charge on any atom is 0.255 e. The number of benzene rings is 1. The lowest BCUT2D eigenvalue weighted by molar-refractivity contribution is 0.102. The van der Waals surface area contributed by atoms with Crippen molar-refractivity contribution in [2.45, 2.75) is 50.5 Å². The van der Waals surface area contributed by atoms with Crippen molar-refractivity contribution in [1.29, 1.82) is 0 Å². The average Bonchev–Trinajstić information content (AvgIpc) is 3.01. The average molecular weight is 452 g/mol. The number of nitrogens with zero attached hydrogens (tertiary/aromatic N) is 2. The van der Waals surface area contributed by atoms with E-state index in [1.165, 1.54) is 39.2 Å². The van der Waals surface area contributed by atoms with Gasteiger partial charge in [-0.2, -0.15) is 4.31 Å². The maximum atomic E-state index is 13.1. The fourth-order valence-corrected chi connectivity index (χ4v) is 5.51. The van der Waals surface area contributed by atoms with Crippen LogP contribution in [0.15, 0.2) is 46.2 Å². The highest BCUT2D eigenvalue weighted by molar-refractivity contribution is 7.89. The molecule has 0 unspecified atom stereocenters. The molecule has 1 aliphatic rings. The number of sulfonamides is 1. The van der Waals surface area contributed by atoms with Crippen LogP contribution in [0.1, 0.15) is 49.4 Å². The van der Waals surface area contributed by atoms with Gasteiger partial charge < -0.3 is 9.88 Å². The molecule has 1 aliphatic heterocycles. The number of hydrogen-bond acceptors (Lipinski definition) is 4. The first-order valence-corrected chi connectivity index (χ1v) is 12.0. The second-order valence-electron chi connectivity index (χ2n) is 7.37. The Morgan fingerprint density at radius 3 is 2.47 bits per heavy atom. The highest BCUT2D eigenvalue weighted by Crippen LogP contribution is 2.28. The third kappa shape index (κ3) is 5.11. The summed E-state index contributed by atoms with van der Waals surface area (Å²) in [5.74, 6) is -0.472. The molecular weight excluding hydrogens is 426 g/mol. The Morgan fingerprint density at radius 2 is 1.80 bits per heavy atom. The van der Waals surface area contributed by atoms with E-state index >= 15 is 0 Å². The zero-order valence-electron chi connectivity index (χ0n) is 16.9. The van der Waals surface area contributed by atoms with Crippen LogP contribution in [-0.4, -0.2) is 36.3 Å². The second-order valence-corrected chi connectivity index (χ2v) is 9.68. The number of aryl methyl sites for hydroxylation is 1. The minimum atomic E-state index is -3.79. The predicted octanol–water partition coefficient (Wildman–Crippen LogP) is 3.73. The molecule has 9 heteroatoms. The van der Waals surface area contributed by atoms with Crippen molar-refractivity contribution >= 4 is 33.2 Å². The normalized spacial score (nSPS) is 15.5. The van der Waals surface area contributed by atoms with Crippen molar-refractivity contribution < 1.29 is 13.2 Å². The molecule has 1 N–H and O–H groups in total. The molecule has 0 atom stereocenters. The molecule has 3 rings (SSSR count). The Morgan fingerprint density at radius 1 is 1.10 bits per heavy atom. The number of halogens is 1. The fraction of sp³-hybridized carbons (Fsp3) is 0.429. The predicted molar refractivity (Wildman–Crippen MR) is 118 cm³/mol. The smallest absolute Gasteiger partial charge is 0.255 e. The van der Waals surface area contributed by atoms with Crippen LogP contribution in [0.5, 0.6) is 0 Å². The van der Waals surface area contributed by atoms with Gasteiger partial charge >= 0.3 is 0 Å². The van der Waals surface area contributed by atoms with Gasteiger partial charge in [-0.1, -0.05) is 31.4 Å². The van der Waals surface area contributed by atoms with Crippen LogP contribution in [0, 0.1) is 0 Å². The summed E-state index contributed by atoms with van der Waals surface area (Å²) < 4.78 is 29.2. The molecule has 1 aromatic carbocycles. The van der Waals surface area contributed by atoms with Gasteiger partial charge in [0.15, 0.2) is 0 Å². The molecule has 0 saturated carbocycles. The van der Waals surface area contributed by atoms with E-state index in [9.17, 15) is 18.0 Å². The molecule has 2 aromatic rings. The van der Waals surface area contributed by atoms with Crippen LogP contribution >= 0.6 is 11.6 Å². The Hall–Kier alpha value is -2.16. The SMILES string of the molecule is CCCn1cc(NC(=O)c2ccc(Cl)c(S(=O)(=O)N3CCCCCC3)c2)ccc1=O. The van der Waals surface area contributed by atoms with Crippen molar-refractivity contribution in [3.05, 3.63) is 57.5 Å². The Balaban J connectivity index is 1.86. The van der Waals surface area contributed by atoms with Crippen LogP contribution in [0.4, 0.5) is 5.69 Å². The number of aromatic nitrogens is 1. The molecule has 0 bridgehead atoms.